The van der Waals surface area contributed by atoms with Crippen molar-refractivity contribution in [3.8, 4) is 0 Å². The molecule has 0 aromatic carbocycles. The van der Waals surface area contributed by atoms with Crippen LogP contribution >= 0.6 is 0 Å². The highest BCUT2D eigenvalue weighted by Gasteiger charge is 2.21. The molecule has 0 radical (unpaired) electrons. The van der Waals surface area contributed by atoms with E-state index in [2.05, 4.69) is 23.9 Å². The van der Waals surface area contributed by atoms with E-state index in [-0.39, 0.29) is 11.9 Å². The molecule has 0 spiro atoms. The number of aromatic nitrogens is 3. The standard InChI is InChI=1S/C16H22N4O/c1-11(2)20-15-13(10-17-20)9-14(12(3)18-15)16(21)19-7-5-4-6-8-19/h9-11H,4-8H2,1-3H3. The van der Waals surface area contributed by atoms with Crippen molar-refractivity contribution >= 4 is 16.9 Å². The Bertz CT molecular complexity index is 668. The van der Waals surface area contributed by atoms with E-state index in [4.69, 9.17) is 0 Å². The summed E-state index contributed by atoms with van der Waals surface area (Å²) in [6.07, 6.45) is 5.23. The lowest BCUT2D eigenvalue weighted by atomic mass is 10.1. The summed E-state index contributed by atoms with van der Waals surface area (Å²) in [6, 6.07) is 2.21. The Morgan fingerprint density at radius 3 is 2.62 bits per heavy atom. The molecule has 5 nitrogen and oxygen atoms in total. The highest BCUT2D eigenvalue weighted by molar-refractivity contribution is 5.98. The monoisotopic (exact) mass is 286 g/mol. The smallest absolute Gasteiger partial charge is 0.255 e. The molecule has 1 aliphatic heterocycles. The van der Waals surface area contributed by atoms with Gasteiger partial charge in [0.05, 0.1) is 17.5 Å². The number of likely N-dealkylation sites (tertiary alicyclic amines) is 1. The fourth-order valence-electron chi connectivity index (χ4n) is 2.93. The Morgan fingerprint density at radius 1 is 1.24 bits per heavy atom. The van der Waals surface area contributed by atoms with Crippen LogP contribution in [0, 0.1) is 6.92 Å². The van der Waals surface area contributed by atoms with Crippen molar-refractivity contribution in [2.75, 3.05) is 13.1 Å². The molecule has 1 fully saturated rings. The minimum Gasteiger partial charge on any atom is -0.339 e. The number of carbonyl (C=O) groups is 1. The highest BCUT2D eigenvalue weighted by Crippen LogP contribution is 2.21. The summed E-state index contributed by atoms with van der Waals surface area (Å²) in [6.45, 7) is 7.80. The molecule has 0 saturated carbocycles. The number of nitrogens with zero attached hydrogens (tertiary/aromatic N) is 4. The molecule has 21 heavy (non-hydrogen) atoms. The summed E-state index contributed by atoms with van der Waals surface area (Å²) >= 11 is 0. The van der Waals surface area contributed by atoms with Crippen LogP contribution in [0.4, 0.5) is 0 Å². The van der Waals surface area contributed by atoms with Crippen LogP contribution in [0.15, 0.2) is 12.3 Å². The molecule has 0 unspecified atom stereocenters. The quantitative estimate of drug-likeness (QED) is 0.853. The Morgan fingerprint density at radius 2 is 1.95 bits per heavy atom. The van der Waals surface area contributed by atoms with Crippen molar-refractivity contribution in [2.24, 2.45) is 0 Å². The molecule has 112 valence electrons. The van der Waals surface area contributed by atoms with Gasteiger partial charge < -0.3 is 4.90 Å². The van der Waals surface area contributed by atoms with Crippen LogP contribution in [0.2, 0.25) is 0 Å². The van der Waals surface area contributed by atoms with Crippen molar-refractivity contribution in [3.05, 3.63) is 23.5 Å². The van der Waals surface area contributed by atoms with Crippen LogP contribution < -0.4 is 0 Å². The van der Waals surface area contributed by atoms with E-state index in [0.29, 0.717) is 5.56 Å². The van der Waals surface area contributed by atoms with E-state index in [1.165, 1.54) is 6.42 Å². The van der Waals surface area contributed by atoms with Crippen molar-refractivity contribution in [3.63, 3.8) is 0 Å². The number of fused-ring (bicyclic) bond motifs is 1. The van der Waals surface area contributed by atoms with E-state index in [1.807, 2.05) is 22.6 Å². The average Bonchev–Trinajstić information content (AvgIpc) is 2.89. The molecule has 0 bridgehead atoms. The number of carbonyl (C=O) groups excluding carboxylic acids is 1. The maximum Gasteiger partial charge on any atom is 0.255 e. The Kier molecular flexibility index (Phi) is 3.66. The molecule has 3 heterocycles. The second kappa shape index (κ2) is 5.47. The Balaban J connectivity index is 1.99. The maximum absolute atomic E-state index is 12.7. The van der Waals surface area contributed by atoms with Gasteiger partial charge in [-0.3, -0.25) is 4.79 Å². The fraction of sp³-hybridized carbons (Fsp3) is 0.562. The Labute approximate surface area is 125 Å². The lowest BCUT2D eigenvalue weighted by Crippen LogP contribution is -2.36. The molecule has 3 rings (SSSR count). The normalized spacial score (nSPS) is 15.9. The van der Waals surface area contributed by atoms with Crippen LogP contribution in [0.5, 0.6) is 0 Å². The summed E-state index contributed by atoms with van der Waals surface area (Å²) in [5, 5.41) is 5.32. The van der Waals surface area contributed by atoms with Crippen LogP contribution in [-0.4, -0.2) is 38.7 Å². The summed E-state index contributed by atoms with van der Waals surface area (Å²) < 4.78 is 1.90. The number of aryl methyl sites for hydroxylation is 1. The first-order valence-electron chi connectivity index (χ1n) is 7.72. The number of pyridine rings is 1. The summed E-state index contributed by atoms with van der Waals surface area (Å²) in [7, 11) is 0. The van der Waals surface area contributed by atoms with Crippen LogP contribution in [0.25, 0.3) is 11.0 Å². The number of hydrogen-bond acceptors (Lipinski definition) is 3. The molecule has 5 heteroatoms. The lowest BCUT2D eigenvalue weighted by molar-refractivity contribution is 0.0723. The van der Waals surface area contributed by atoms with Crippen molar-refractivity contribution < 1.29 is 4.79 Å². The third-order valence-corrected chi connectivity index (χ3v) is 4.12. The number of piperidine rings is 1. The largest absolute Gasteiger partial charge is 0.339 e. The predicted octanol–water partition coefficient (Wildman–Crippen LogP) is 2.95. The van der Waals surface area contributed by atoms with Crippen LogP contribution in [-0.2, 0) is 0 Å². The first-order chi connectivity index (χ1) is 10.1. The molecular weight excluding hydrogens is 264 g/mol. The highest BCUT2D eigenvalue weighted by atomic mass is 16.2. The molecule has 0 atom stereocenters. The van der Waals surface area contributed by atoms with Gasteiger partial charge in [-0.15, -0.1) is 0 Å². The van der Waals surface area contributed by atoms with E-state index in [0.717, 1.165) is 42.7 Å². The van der Waals surface area contributed by atoms with Gasteiger partial charge in [-0.25, -0.2) is 9.67 Å². The zero-order chi connectivity index (χ0) is 15.0. The Hall–Kier alpha value is -1.91. The number of amides is 1. The molecular formula is C16H22N4O. The zero-order valence-corrected chi connectivity index (χ0v) is 13.0. The summed E-state index contributed by atoms with van der Waals surface area (Å²) in [5.74, 6) is 0.110. The minimum atomic E-state index is 0.110. The number of hydrogen-bond donors (Lipinski definition) is 0. The molecule has 2 aromatic rings. The van der Waals surface area contributed by atoms with Gasteiger partial charge in [0.2, 0.25) is 0 Å². The fourth-order valence-corrected chi connectivity index (χ4v) is 2.93. The zero-order valence-electron chi connectivity index (χ0n) is 13.0. The van der Waals surface area contributed by atoms with E-state index < -0.39 is 0 Å². The molecule has 0 aliphatic carbocycles. The first-order valence-corrected chi connectivity index (χ1v) is 7.72. The SMILES string of the molecule is Cc1nc2c(cnn2C(C)C)cc1C(=O)N1CCCCC1. The predicted molar refractivity (Wildman–Crippen MR) is 82.4 cm³/mol. The average molecular weight is 286 g/mol. The molecule has 0 N–H and O–H groups in total. The van der Waals surface area contributed by atoms with Crippen molar-refractivity contribution in [2.45, 2.75) is 46.1 Å². The molecule has 1 saturated heterocycles. The minimum absolute atomic E-state index is 0.110. The van der Waals surface area contributed by atoms with Gasteiger partial charge in [0.1, 0.15) is 0 Å². The van der Waals surface area contributed by atoms with Crippen molar-refractivity contribution in [1.29, 1.82) is 0 Å². The van der Waals surface area contributed by atoms with Gasteiger partial charge in [0, 0.05) is 24.5 Å². The van der Waals surface area contributed by atoms with Gasteiger partial charge >= 0.3 is 0 Å². The molecule has 1 aliphatic rings. The van der Waals surface area contributed by atoms with Gasteiger partial charge in [-0.2, -0.15) is 5.10 Å². The summed E-state index contributed by atoms with van der Waals surface area (Å²) in [4.78, 5) is 19.2. The van der Waals surface area contributed by atoms with Crippen LogP contribution in [0.3, 0.4) is 0 Å². The third-order valence-electron chi connectivity index (χ3n) is 4.12. The lowest BCUT2D eigenvalue weighted by Gasteiger charge is -2.27. The van der Waals surface area contributed by atoms with E-state index >= 15 is 0 Å². The first kappa shape index (κ1) is 14.0. The number of rotatable bonds is 2. The van der Waals surface area contributed by atoms with E-state index in [1.54, 1.807) is 6.20 Å². The van der Waals surface area contributed by atoms with Gasteiger partial charge in [-0.1, -0.05) is 0 Å². The molecule has 1 amide bonds. The topological polar surface area (TPSA) is 51.0 Å². The second-order valence-corrected chi connectivity index (χ2v) is 6.07. The van der Waals surface area contributed by atoms with Crippen molar-refractivity contribution in [1.82, 2.24) is 19.7 Å². The van der Waals surface area contributed by atoms with Crippen LogP contribution in [0.1, 0.15) is 55.2 Å². The van der Waals surface area contributed by atoms with E-state index in [9.17, 15) is 4.79 Å². The summed E-state index contributed by atoms with van der Waals surface area (Å²) in [5.41, 5.74) is 2.37. The van der Waals surface area contributed by atoms with Gasteiger partial charge in [0.15, 0.2) is 5.65 Å². The third kappa shape index (κ3) is 2.52. The van der Waals surface area contributed by atoms with Gasteiger partial charge in [0.25, 0.3) is 5.91 Å². The second-order valence-electron chi connectivity index (χ2n) is 6.07. The molecule has 2 aromatic heterocycles. The van der Waals surface area contributed by atoms with Gasteiger partial charge in [-0.05, 0) is 46.1 Å². The maximum atomic E-state index is 12.7.